The van der Waals surface area contributed by atoms with Crippen molar-refractivity contribution >= 4 is 34.7 Å². The highest BCUT2D eigenvalue weighted by Crippen LogP contribution is 2.32. The molecule has 0 atom stereocenters. The maximum absolute atomic E-state index is 11.6. The van der Waals surface area contributed by atoms with Crippen LogP contribution in [0.2, 0.25) is 0 Å². The van der Waals surface area contributed by atoms with Crippen molar-refractivity contribution in [3.63, 3.8) is 0 Å². The Bertz CT molecular complexity index is 992. The molecule has 0 saturated carbocycles. The molecule has 4 rings (SSSR count). The van der Waals surface area contributed by atoms with Gasteiger partial charge in [0.15, 0.2) is 10.7 Å². The van der Waals surface area contributed by atoms with E-state index in [4.69, 9.17) is 11.5 Å². The molecule has 0 aromatic carbocycles. The summed E-state index contributed by atoms with van der Waals surface area (Å²) in [5.74, 6) is 0.223. The summed E-state index contributed by atoms with van der Waals surface area (Å²) < 4.78 is 0. The molecule has 0 radical (unpaired) electrons. The number of anilines is 1. The molecule has 3 aromatic heterocycles. The fourth-order valence-corrected chi connectivity index (χ4v) is 3.95. The van der Waals surface area contributed by atoms with E-state index in [1.807, 2.05) is 0 Å². The van der Waals surface area contributed by atoms with Crippen LogP contribution in [-0.4, -0.2) is 49.7 Å². The highest BCUT2D eigenvalue weighted by Gasteiger charge is 2.27. The van der Waals surface area contributed by atoms with Crippen LogP contribution in [0.25, 0.3) is 11.2 Å². The van der Waals surface area contributed by atoms with Crippen molar-refractivity contribution in [3.8, 4) is 0 Å². The van der Waals surface area contributed by atoms with Crippen LogP contribution >= 0.6 is 11.8 Å². The molecule has 0 aliphatic carbocycles. The highest BCUT2D eigenvalue weighted by atomic mass is 32.2. The van der Waals surface area contributed by atoms with E-state index in [-0.39, 0.29) is 11.2 Å². The number of nitrogens with two attached hydrogens (primary N) is 2. The van der Waals surface area contributed by atoms with Crippen LogP contribution in [0.3, 0.4) is 0 Å². The van der Waals surface area contributed by atoms with E-state index < -0.39 is 5.91 Å². The van der Waals surface area contributed by atoms with Gasteiger partial charge in [-0.15, -0.1) is 0 Å². The second-order valence-corrected chi connectivity index (χ2v) is 7.94. The largest absolute Gasteiger partial charge is 0.364 e. The molecule has 9 nitrogen and oxygen atoms in total. The molecule has 1 amide bonds. The molecule has 0 unspecified atom stereocenters. The lowest BCUT2D eigenvalue weighted by molar-refractivity contribution is 0.0992. The normalized spacial score (nSPS) is 16.6. The average Bonchev–Trinajstić information content (AvgIpc) is 3.04. The number of piperidine rings is 1. The monoisotopic (exact) mass is 384 g/mol. The van der Waals surface area contributed by atoms with Gasteiger partial charge in [-0.1, -0.05) is 11.8 Å². The molecule has 4 heterocycles. The zero-order valence-corrected chi connectivity index (χ0v) is 15.7. The minimum Gasteiger partial charge on any atom is -0.364 e. The first-order chi connectivity index (χ1) is 12.9. The summed E-state index contributed by atoms with van der Waals surface area (Å²) in [6.07, 6.45) is 5.10. The van der Waals surface area contributed by atoms with Crippen molar-refractivity contribution < 1.29 is 4.79 Å². The lowest BCUT2D eigenvalue weighted by atomic mass is 9.91. The number of nitrogens with one attached hydrogen (secondary N) is 1. The maximum atomic E-state index is 11.6. The number of amides is 1. The number of rotatable bonds is 4. The molecule has 5 N–H and O–H groups in total. The maximum Gasteiger partial charge on any atom is 0.268 e. The first-order valence-electron chi connectivity index (χ1n) is 8.60. The predicted molar refractivity (Wildman–Crippen MR) is 103 cm³/mol. The summed E-state index contributed by atoms with van der Waals surface area (Å²) >= 11 is 1.28. The number of nitrogens with zero attached hydrogens (tertiary/aromatic N) is 5. The van der Waals surface area contributed by atoms with Crippen LogP contribution < -0.4 is 16.4 Å². The molecule has 140 valence electrons. The molecular formula is C17H20N8OS. The van der Waals surface area contributed by atoms with Crippen LogP contribution in [0, 0.1) is 0 Å². The first kappa shape index (κ1) is 17.7. The molecule has 1 aliphatic heterocycles. The Morgan fingerprint density at radius 2 is 2.11 bits per heavy atom. The zero-order chi connectivity index (χ0) is 19.0. The fourth-order valence-electron chi connectivity index (χ4n) is 3.00. The summed E-state index contributed by atoms with van der Waals surface area (Å²) in [6.45, 7) is 3.78. The summed E-state index contributed by atoms with van der Waals surface area (Å²) in [7, 11) is 0. The summed E-state index contributed by atoms with van der Waals surface area (Å²) in [5.41, 5.74) is 12.9. The topological polar surface area (TPSA) is 140 Å². The van der Waals surface area contributed by atoms with Gasteiger partial charge in [-0.2, -0.15) is 5.10 Å². The number of pyridine rings is 1. The van der Waals surface area contributed by atoms with Gasteiger partial charge in [0.25, 0.3) is 5.91 Å². The molecule has 27 heavy (non-hydrogen) atoms. The van der Waals surface area contributed by atoms with Gasteiger partial charge >= 0.3 is 0 Å². The second kappa shape index (κ2) is 6.78. The Morgan fingerprint density at radius 1 is 1.33 bits per heavy atom. The number of primary amides is 1. The van der Waals surface area contributed by atoms with Crippen LogP contribution in [0.15, 0.2) is 34.4 Å². The van der Waals surface area contributed by atoms with Crippen LogP contribution in [0.5, 0.6) is 0 Å². The minimum atomic E-state index is -0.580. The van der Waals surface area contributed by atoms with Gasteiger partial charge in [0, 0.05) is 29.7 Å². The average molecular weight is 384 g/mol. The van der Waals surface area contributed by atoms with E-state index in [0.717, 1.165) is 31.7 Å². The van der Waals surface area contributed by atoms with Gasteiger partial charge in [-0.05, 0) is 31.9 Å². The van der Waals surface area contributed by atoms with E-state index in [1.54, 1.807) is 18.3 Å². The van der Waals surface area contributed by atoms with E-state index in [0.29, 0.717) is 21.1 Å². The van der Waals surface area contributed by atoms with Gasteiger partial charge in [-0.25, -0.2) is 15.0 Å². The number of H-pyrrole nitrogens is 1. The number of fused-ring (bicyclic) bond motifs is 1. The minimum absolute atomic E-state index is 0.117. The zero-order valence-electron chi connectivity index (χ0n) is 14.8. The quantitative estimate of drug-likeness (QED) is 0.612. The summed E-state index contributed by atoms with van der Waals surface area (Å²) in [6, 6.07) is 3.52. The first-order valence-corrected chi connectivity index (χ1v) is 9.42. The molecule has 3 aromatic rings. The number of carbonyl (C=O) groups excluding carboxylic acids is 1. The molecule has 0 bridgehead atoms. The SMILES string of the molecule is CC1(N)CCN(c2cnc3c(Sc4cccnc4C(N)=O)n[nH]c3n2)CC1. The second-order valence-electron chi connectivity index (χ2n) is 6.91. The number of aromatic nitrogens is 5. The molecule has 0 spiro atoms. The lowest BCUT2D eigenvalue weighted by Crippen LogP contribution is -2.48. The number of hydrogen-bond acceptors (Lipinski definition) is 8. The highest BCUT2D eigenvalue weighted by molar-refractivity contribution is 7.99. The van der Waals surface area contributed by atoms with Gasteiger partial charge in [0.05, 0.1) is 6.20 Å². The van der Waals surface area contributed by atoms with Crippen LogP contribution in [-0.2, 0) is 0 Å². The lowest BCUT2D eigenvalue weighted by Gasteiger charge is -2.37. The van der Waals surface area contributed by atoms with Gasteiger partial charge < -0.3 is 16.4 Å². The standard InChI is InChI=1S/C17H20N8OS/c1-17(19)4-7-25(8-5-17)11-9-21-13-15(22-11)23-24-16(13)27-10-3-2-6-20-12(10)14(18)26/h2-3,6,9H,4-5,7-8,19H2,1H3,(H2,18,26)(H,22,23,24). The van der Waals surface area contributed by atoms with Crippen molar-refractivity contribution in [1.82, 2.24) is 25.1 Å². The Balaban J connectivity index is 1.59. The summed E-state index contributed by atoms with van der Waals surface area (Å²) in [5, 5.41) is 7.83. The van der Waals surface area contributed by atoms with E-state index >= 15 is 0 Å². The number of aromatic amines is 1. The third-order valence-corrected chi connectivity index (χ3v) is 5.69. The Hall–Kier alpha value is -2.72. The van der Waals surface area contributed by atoms with E-state index in [1.165, 1.54) is 18.0 Å². The van der Waals surface area contributed by atoms with Crippen molar-refractivity contribution in [2.45, 2.75) is 35.2 Å². The molecule has 1 saturated heterocycles. The van der Waals surface area contributed by atoms with Crippen molar-refractivity contribution in [1.29, 1.82) is 0 Å². The third-order valence-electron chi connectivity index (χ3n) is 4.67. The Labute approximate surface area is 159 Å². The van der Waals surface area contributed by atoms with Crippen LogP contribution in [0.1, 0.15) is 30.3 Å². The van der Waals surface area contributed by atoms with E-state index in [9.17, 15) is 4.79 Å². The van der Waals surface area contributed by atoms with Gasteiger partial charge in [-0.3, -0.25) is 9.89 Å². The Kier molecular flexibility index (Phi) is 4.44. The number of carbonyl (C=O) groups is 1. The molecule has 1 aliphatic rings. The van der Waals surface area contributed by atoms with Crippen molar-refractivity contribution in [3.05, 3.63) is 30.2 Å². The third kappa shape index (κ3) is 3.58. The van der Waals surface area contributed by atoms with Gasteiger partial charge in [0.2, 0.25) is 0 Å². The molecular weight excluding hydrogens is 364 g/mol. The number of hydrogen-bond donors (Lipinski definition) is 3. The molecule has 1 fully saturated rings. The fraction of sp³-hybridized carbons (Fsp3) is 0.353. The predicted octanol–water partition coefficient (Wildman–Crippen LogP) is 1.32. The smallest absolute Gasteiger partial charge is 0.268 e. The van der Waals surface area contributed by atoms with Gasteiger partial charge in [0.1, 0.15) is 17.0 Å². The van der Waals surface area contributed by atoms with Crippen LogP contribution in [0.4, 0.5) is 5.82 Å². The summed E-state index contributed by atoms with van der Waals surface area (Å²) in [4.78, 5) is 27.6. The van der Waals surface area contributed by atoms with Crippen molar-refractivity contribution in [2.75, 3.05) is 18.0 Å². The van der Waals surface area contributed by atoms with E-state index in [2.05, 4.69) is 37.0 Å². The Morgan fingerprint density at radius 3 is 2.85 bits per heavy atom. The van der Waals surface area contributed by atoms with Crippen molar-refractivity contribution in [2.24, 2.45) is 11.5 Å². The molecule has 10 heteroatoms.